The summed E-state index contributed by atoms with van der Waals surface area (Å²) in [4.78, 5) is 11.9. The van der Waals surface area contributed by atoms with Crippen LogP contribution in [0.15, 0.2) is 12.1 Å². The van der Waals surface area contributed by atoms with E-state index in [1.165, 1.54) is 26.0 Å². The van der Waals surface area contributed by atoms with Crippen LogP contribution in [-0.4, -0.2) is 19.6 Å². The minimum Gasteiger partial charge on any atom is -0.496 e. The van der Waals surface area contributed by atoms with Crippen molar-refractivity contribution in [2.75, 3.05) is 19.4 Å². The first-order valence-corrected chi connectivity index (χ1v) is 5.91. The van der Waals surface area contributed by atoms with Crippen molar-refractivity contribution in [2.45, 2.75) is 12.8 Å². The highest BCUT2D eigenvalue weighted by Gasteiger charge is 2.23. The Morgan fingerprint density at radius 3 is 2.78 bits per heavy atom. The third-order valence-corrected chi connectivity index (χ3v) is 3.14. The zero-order valence-electron chi connectivity index (χ0n) is 10.0. The summed E-state index contributed by atoms with van der Waals surface area (Å²) in [5.74, 6) is 0.907. The summed E-state index contributed by atoms with van der Waals surface area (Å²) in [6, 6.07) is 3.10. The van der Waals surface area contributed by atoms with E-state index in [9.17, 15) is 4.79 Å². The van der Waals surface area contributed by atoms with Crippen molar-refractivity contribution >= 4 is 35.6 Å². The first kappa shape index (κ1) is 14.9. The Morgan fingerprint density at radius 1 is 1.56 bits per heavy atom. The van der Waals surface area contributed by atoms with Gasteiger partial charge in [-0.3, -0.25) is 4.79 Å². The Labute approximate surface area is 117 Å². The number of nitrogen functional groups attached to an aromatic ring is 1. The van der Waals surface area contributed by atoms with Crippen LogP contribution >= 0.6 is 24.0 Å². The fourth-order valence-corrected chi connectivity index (χ4v) is 1.73. The van der Waals surface area contributed by atoms with Crippen LogP contribution in [0.25, 0.3) is 0 Å². The molecule has 0 unspecified atom stereocenters. The average molecular weight is 291 g/mol. The van der Waals surface area contributed by atoms with Gasteiger partial charge in [0, 0.05) is 12.6 Å². The Balaban J connectivity index is 0.00000162. The van der Waals surface area contributed by atoms with Gasteiger partial charge in [-0.15, -0.1) is 12.4 Å². The fourth-order valence-electron chi connectivity index (χ4n) is 1.57. The van der Waals surface area contributed by atoms with Gasteiger partial charge in [0.25, 0.3) is 5.91 Å². The van der Waals surface area contributed by atoms with E-state index in [0.717, 1.165) is 0 Å². The summed E-state index contributed by atoms with van der Waals surface area (Å²) in [5, 5.41) is 3.23. The number of halogens is 2. The maximum atomic E-state index is 11.9. The van der Waals surface area contributed by atoms with Gasteiger partial charge in [0.15, 0.2) is 0 Å². The van der Waals surface area contributed by atoms with Crippen LogP contribution in [0.1, 0.15) is 23.2 Å². The SMILES string of the molecule is COc1cc(N)c(Cl)cc1C(=O)NCC1CC1.Cl. The molecule has 0 heterocycles. The molecule has 1 aliphatic carbocycles. The van der Waals surface area contributed by atoms with Gasteiger partial charge in [0.2, 0.25) is 0 Å². The van der Waals surface area contributed by atoms with E-state index in [2.05, 4.69) is 5.32 Å². The van der Waals surface area contributed by atoms with Crippen molar-refractivity contribution in [3.05, 3.63) is 22.7 Å². The summed E-state index contributed by atoms with van der Waals surface area (Å²) < 4.78 is 5.13. The zero-order chi connectivity index (χ0) is 12.4. The molecule has 0 saturated heterocycles. The van der Waals surface area contributed by atoms with Crippen LogP contribution in [0.4, 0.5) is 5.69 Å². The van der Waals surface area contributed by atoms with Crippen molar-refractivity contribution in [3.63, 3.8) is 0 Å². The van der Waals surface area contributed by atoms with Crippen molar-refractivity contribution in [1.82, 2.24) is 5.32 Å². The average Bonchev–Trinajstić information content (AvgIpc) is 3.13. The second-order valence-electron chi connectivity index (χ2n) is 4.23. The number of carbonyl (C=O) groups is 1. The highest BCUT2D eigenvalue weighted by atomic mass is 35.5. The minimum absolute atomic E-state index is 0. The number of ether oxygens (including phenoxy) is 1. The summed E-state index contributed by atoms with van der Waals surface area (Å²) in [6.45, 7) is 0.712. The molecule has 6 heteroatoms. The predicted octanol–water partition coefficient (Wildman–Crippen LogP) is 2.49. The molecule has 0 aromatic heterocycles. The van der Waals surface area contributed by atoms with Crippen molar-refractivity contribution < 1.29 is 9.53 Å². The lowest BCUT2D eigenvalue weighted by molar-refractivity contribution is 0.0949. The summed E-state index contributed by atoms with van der Waals surface area (Å²) >= 11 is 5.90. The molecule has 4 nitrogen and oxygen atoms in total. The first-order valence-electron chi connectivity index (χ1n) is 5.53. The predicted molar refractivity (Wildman–Crippen MR) is 74.7 cm³/mol. The van der Waals surface area contributed by atoms with E-state index in [-0.39, 0.29) is 18.3 Å². The third kappa shape index (κ3) is 3.43. The number of carbonyl (C=O) groups excluding carboxylic acids is 1. The second kappa shape index (κ2) is 6.16. The van der Waals surface area contributed by atoms with Gasteiger partial charge < -0.3 is 15.8 Å². The van der Waals surface area contributed by atoms with Gasteiger partial charge >= 0.3 is 0 Å². The van der Waals surface area contributed by atoms with Gasteiger partial charge in [-0.05, 0) is 24.8 Å². The van der Waals surface area contributed by atoms with E-state index in [4.69, 9.17) is 22.1 Å². The van der Waals surface area contributed by atoms with Gasteiger partial charge in [0.05, 0.1) is 23.4 Å². The molecule has 1 aromatic carbocycles. The largest absolute Gasteiger partial charge is 0.496 e. The normalized spacial score (nSPS) is 13.7. The summed E-state index contributed by atoms with van der Waals surface area (Å²) in [6.07, 6.45) is 2.39. The molecule has 18 heavy (non-hydrogen) atoms. The summed E-state index contributed by atoms with van der Waals surface area (Å²) in [5.41, 5.74) is 6.48. The molecule has 1 aliphatic rings. The minimum atomic E-state index is -0.171. The second-order valence-corrected chi connectivity index (χ2v) is 4.63. The van der Waals surface area contributed by atoms with Crippen LogP contribution in [-0.2, 0) is 0 Å². The van der Waals surface area contributed by atoms with Crippen LogP contribution < -0.4 is 15.8 Å². The van der Waals surface area contributed by atoms with E-state index >= 15 is 0 Å². The van der Waals surface area contributed by atoms with Gasteiger partial charge in [0.1, 0.15) is 5.75 Å². The topological polar surface area (TPSA) is 64.3 Å². The van der Waals surface area contributed by atoms with Gasteiger partial charge in [-0.1, -0.05) is 11.6 Å². The lowest BCUT2D eigenvalue weighted by atomic mass is 10.1. The quantitative estimate of drug-likeness (QED) is 0.838. The molecule has 1 fully saturated rings. The molecule has 100 valence electrons. The molecule has 0 radical (unpaired) electrons. The molecule has 1 aromatic rings. The molecule has 0 bridgehead atoms. The van der Waals surface area contributed by atoms with E-state index < -0.39 is 0 Å². The highest BCUT2D eigenvalue weighted by molar-refractivity contribution is 6.33. The Hall–Kier alpha value is -1.13. The highest BCUT2D eigenvalue weighted by Crippen LogP contribution is 2.30. The zero-order valence-corrected chi connectivity index (χ0v) is 11.6. The molecular formula is C12H16Cl2N2O2. The van der Waals surface area contributed by atoms with Crippen LogP contribution in [0, 0.1) is 5.92 Å². The molecular weight excluding hydrogens is 275 g/mol. The molecule has 1 amide bonds. The third-order valence-electron chi connectivity index (χ3n) is 2.81. The van der Waals surface area contributed by atoms with E-state index in [1.807, 2.05) is 0 Å². The number of benzene rings is 1. The Bertz CT molecular complexity index is 448. The fraction of sp³-hybridized carbons (Fsp3) is 0.417. The van der Waals surface area contributed by atoms with Crippen LogP contribution in [0.2, 0.25) is 5.02 Å². The van der Waals surface area contributed by atoms with Gasteiger partial charge in [-0.2, -0.15) is 0 Å². The lowest BCUT2D eigenvalue weighted by Crippen LogP contribution is -2.26. The number of methoxy groups -OCH3 is 1. The van der Waals surface area contributed by atoms with Crippen LogP contribution in [0.5, 0.6) is 5.75 Å². The molecule has 3 N–H and O–H groups in total. The standard InChI is InChI=1S/C12H15ClN2O2.ClH/c1-17-11-5-10(14)9(13)4-8(11)12(16)15-6-7-2-3-7;/h4-5,7H,2-3,6,14H2,1H3,(H,15,16);1H. The lowest BCUT2D eigenvalue weighted by Gasteiger charge is -2.10. The number of anilines is 1. The maximum absolute atomic E-state index is 11.9. The molecule has 0 aliphatic heterocycles. The van der Waals surface area contributed by atoms with E-state index in [0.29, 0.717) is 34.5 Å². The number of nitrogens with two attached hydrogens (primary N) is 1. The first-order chi connectivity index (χ1) is 8.11. The number of hydrogen-bond donors (Lipinski definition) is 2. The summed E-state index contributed by atoms with van der Waals surface area (Å²) in [7, 11) is 1.50. The van der Waals surface area contributed by atoms with E-state index in [1.54, 1.807) is 6.07 Å². The Kier molecular flexibility index (Phi) is 5.11. The van der Waals surface area contributed by atoms with Crippen LogP contribution in [0.3, 0.4) is 0 Å². The molecule has 1 saturated carbocycles. The number of hydrogen-bond acceptors (Lipinski definition) is 3. The number of amides is 1. The number of rotatable bonds is 4. The van der Waals surface area contributed by atoms with Crippen molar-refractivity contribution in [1.29, 1.82) is 0 Å². The smallest absolute Gasteiger partial charge is 0.255 e. The molecule has 2 rings (SSSR count). The molecule has 0 spiro atoms. The Morgan fingerprint density at radius 2 is 2.22 bits per heavy atom. The van der Waals surface area contributed by atoms with Crippen molar-refractivity contribution in [2.24, 2.45) is 5.92 Å². The maximum Gasteiger partial charge on any atom is 0.255 e. The monoisotopic (exact) mass is 290 g/mol. The van der Waals surface area contributed by atoms with Gasteiger partial charge in [-0.25, -0.2) is 0 Å². The molecule has 0 atom stereocenters. The number of nitrogens with one attached hydrogen (secondary N) is 1. The van der Waals surface area contributed by atoms with Crippen molar-refractivity contribution in [3.8, 4) is 5.75 Å².